The molecule has 0 unspecified atom stereocenters. The summed E-state index contributed by atoms with van der Waals surface area (Å²) in [6.45, 7) is 0. The van der Waals surface area contributed by atoms with Gasteiger partial charge in [0.2, 0.25) is 0 Å². The molecule has 0 bridgehead atoms. The lowest BCUT2D eigenvalue weighted by atomic mass is 10.3. The van der Waals surface area contributed by atoms with Gasteiger partial charge in [0.25, 0.3) is 0 Å². The van der Waals surface area contributed by atoms with Crippen LogP contribution < -0.4 is 8.92 Å². The topological polar surface area (TPSA) is 21.7 Å². The van der Waals surface area contributed by atoms with Crippen LogP contribution in [0.15, 0.2) is 18.2 Å². The van der Waals surface area contributed by atoms with Gasteiger partial charge in [-0.1, -0.05) is 11.6 Å². The van der Waals surface area contributed by atoms with E-state index in [0.717, 1.165) is 5.75 Å². The Kier molecular flexibility index (Phi) is 4.38. The summed E-state index contributed by atoms with van der Waals surface area (Å²) in [5, 5.41) is 0.540. The maximum atomic E-state index is 5.95. The molecule has 1 aromatic carbocycles. The molecule has 0 aliphatic rings. The molecule has 14 heavy (non-hydrogen) atoms. The zero-order valence-electron chi connectivity index (χ0n) is 8.28. The second-order valence-electron chi connectivity index (χ2n) is 2.77. The van der Waals surface area contributed by atoms with Crippen molar-refractivity contribution in [2.45, 2.75) is 0 Å². The van der Waals surface area contributed by atoms with Crippen molar-refractivity contribution in [1.82, 2.24) is 4.31 Å². The van der Waals surface area contributed by atoms with Gasteiger partial charge < -0.3 is 8.92 Å². The van der Waals surface area contributed by atoms with Crippen LogP contribution in [0.4, 0.5) is 0 Å². The highest BCUT2D eigenvalue weighted by atomic mass is 35.5. The Balaban J connectivity index is 2.69. The highest BCUT2D eigenvalue weighted by Gasteiger charge is 2.04. The van der Waals surface area contributed by atoms with Crippen LogP contribution in [0.1, 0.15) is 0 Å². The van der Waals surface area contributed by atoms with E-state index in [2.05, 4.69) is 0 Å². The molecule has 0 amide bonds. The van der Waals surface area contributed by atoms with E-state index in [0.29, 0.717) is 10.8 Å². The molecule has 1 aromatic rings. The molecule has 0 atom stereocenters. The van der Waals surface area contributed by atoms with Crippen LogP contribution in [0.5, 0.6) is 11.5 Å². The van der Waals surface area contributed by atoms with E-state index in [4.69, 9.17) is 20.5 Å². The zero-order chi connectivity index (χ0) is 10.6. The van der Waals surface area contributed by atoms with Crippen molar-refractivity contribution in [2.75, 3.05) is 21.2 Å². The molecule has 0 saturated carbocycles. The van der Waals surface area contributed by atoms with Crippen molar-refractivity contribution in [1.29, 1.82) is 0 Å². The van der Waals surface area contributed by atoms with Crippen molar-refractivity contribution in [3.8, 4) is 11.5 Å². The van der Waals surface area contributed by atoms with Crippen molar-refractivity contribution < 1.29 is 8.92 Å². The normalized spacial score (nSPS) is 10.4. The van der Waals surface area contributed by atoms with Crippen LogP contribution in [0.25, 0.3) is 0 Å². The molecule has 1 rings (SSSR count). The van der Waals surface area contributed by atoms with E-state index < -0.39 is 0 Å². The predicted molar refractivity (Wildman–Crippen MR) is 59.9 cm³/mol. The molecule has 5 heteroatoms. The molecule has 0 aromatic heterocycles. The van der Waals surface area contributed by atoms with Gasteiger partial charge in [-0.05, 0) is 12.1 Å². The molecule has 0 aliphatic carbocycles. The Morgan fingerprint density at radius 3 is 2.57 bits per heavy atom. The average Bonchev–Trinajstić information content (AvgIpc) is 2.15. The quantitative estimate of drug-likeness (QED) is 0.589. The Bertz CT molecular complexity index is 307. The number of hydrogen-bond acceptors (Lipinski definition) is 4. The second kappa shape index (κ2) is 5.34. The van der Waals surface area contributed by atoms with Gasteiger partial charge in [0.1, 0.15) is 18.0 Å². The van der Waals surface area contributed by atoms with Crippen molar-refractivity contribution in [2.24, 2.45) is 0 Å². The highest BCUT2D eigenvalue weighted by molar-refractivity contribution is 7.92. The standard InChI is InChI=1S/C9H12ClNO2S/c1-11(2)14-13-9-5-4-7(12-3)6-8(9)10/h4-6H,1-3H3. The number of hydrogen-bond donors (Lipinski definition) is 0. The molecule has 78 valence electrons. The minimum absolute atomic E-state index is 0.540. The first kappa shape index (κ1) is 11.5. The summed E-state index contributed by atoms with van der Waals surface area (Å²) >= 11 is 7.17. The third-order valence-corrected chi connectivity index (χ3v) is 2.26. The molecule has 0 saturated heterocycles. The lowest BCUT2D eigenvalue weighted by Crippen LogP contribution is -2.02. The van der Waals surface area contributed by atoms with Gasteiger partial charge in [0.05, 0.1) is 12.1 Å². The van der Waals surface area contributed by atoms with Crippen LogP contribution in [-0.4, -0.2) is 25.5 Å². The third-order valence-electron chi connectivity index (χ3n) is 1.42. The van der Waals surface area contributed by atoms with Crippen LogP contribution >= 0.6 is 23.8 Å². The lowest BCUT2D eigenvalue weighted by molar-refractivity contribution is 0.414. The molecule has 0 N–H and O–H groups in total. The predicted octanol–water partition coefficient (Wildman–Crippen LogP) is 2.85. The number of benzene rings is 1. The molecule has 3 nitrogen and oxygen atoms in total. The van der Waals surface area contributed by atoms with Gasteiger partial charge in [-0.2, -0.15) is 0 Å². The molecule has 0 radical (unpaired) electrons. The van der Waals surface area contributed by atoms with E-state index >= 15 is 0 Å². The number of ether oxygens (including phenoxy) is 1. The first-order valence-corrected chi connectivity index (χ1v) is 5.06. The smallest absolute Gasteiger partial charge is 0.158 e. The fourth-order valence-electron chi connectivity index (χ4n) is 0.791. The summed E-state index contributed by atoms with van der Waals surface area (Å²) in [6, 6.07) is 5.29. The van der Waals surface area contributed by atoms with Crippen LogP contribution in [0, 0.1) is 0 Å². The van der Waals surface area contributed by atoms with Gasteiger partial charge in [0, 0.05) is 20.2 Å². The molecular weight excluding hydrogens is 222 g/mol. The van der Waals surface area contributed by atoms with E-state index in [1.807, 2.05) is 18.4 Å². The zero-order valence-corrected chi connectivity index (χ0v) is 9.85. The molecule has 0 heterocycles. The molecule has 0 fully saturated rings. The Morgan fingerprint density at radius 1 is 1.36 bits per heavy atom. The largest absolute Gasteiger partial charge is 0.497 e. The number of halogens is 1. The van der Waals surface area contributed by atoms with Crippen LogP contribution in [0.3, 0.4) is 0 Å². The third kappa shape index (κ3) is 3.29. The van der Waals surface area contributed by atoms with Crippen molar-refractivity contribution >= 4 is 23.8 Å². The first-order chi connectivity index (χ1) is 6.63. The SMILES string of the molecule is COc1ccc(OSN(C)C)c(Cl)c1. The summed E-state index contributed by atoms with van der Waals surface area (Å²) in [5.41, 5.74) is 0. The van der Waals surface area contributed by atoms with E-state index in [9.17, 15) is 0 Å². The van der Waals surface area contributed by atoms with Crippen LogP contribution in [-0.2, 0) is 0 Å². The summed E-state index contributed by atoms with van der Waals surface area (Å²) in [4.78, 5) is 0. The Hall–Kier alpha value is -0.580. The van der Waals surface area contributed by atoms with E-state index in [1.165, 1.54) is 12.2 Å². The Labute approximate surface area is 93.3 Å². The van der Waals surface area contributed by atoms with E-state index in [1.54, 1.807) is 25.3 Å². The monoisotopic (exact) mass is 233 g/mol. The number of methoxy groups -OCH3 is 1. The number of rotatable bonds is 4. The van der Waals surface area contributed by atoms with Gasteiger partial charge in [-0.15, -0.1) is 0 Å². The minimum Gasteiger partial charge on any atom is -0.497 e. The summed E-state index contributed by atoms with van der Waals surface area (Å²) in [6.07, 6.45) is 0. The second-order valence-corrected chi connectivity index (χ2v) is 4.22. The molecule has 0 aliphatic heterocycles. The van der Waals surface area contributed by atoms with Gasteiger partial charge >= 0.3 is 0 Å². The Morgan fingerprint density at radius 2 is 2.07 bits per heavy atom. The molecular formula is C9H12ClNO2S. The van der Waals surface area contributed by atoms with Gasteiger partial charge in [0.15, 0.2) is 5.75 Å². The van der Waals surface area contributed by atoms with Gasteiger partial charge in [-0.3, -0.25) is 0 Å². The van der Waals surface area contributed by atoms with Crippen molar-refractivity contribution in [3.05, 3.63) is 23.2 Å². The number of nitrogens with zero attached hydrogens (tertiary/aromatic N) is 1. The van der Waals surface area contributed by atoms with E-state index in [-0.39, 0.29) is 0 Å². The molecule has 0 spiro atoms. The lowest BCUT2D eigenvalue weighted by Gasteiger charge is -2.10. The highest BCUT2D eigenvalue weighted by Crippen LogP contribution is 2.31. The average molecular weight is 234 g/mol. The summed E-state index contributed by atoms with van der Waals surface area (Å²) in [5.74, 6) is 1.35. The fourth-order valence-corrected chi connectivity index (χ4v) is 1.42. The maximum absolute atomic E-state index is 5.95. The van der Waals surface area contributed by atoms with Gasteiger partial charge in [-0.25, -0.2) is 4.31 Å². The first-order valence-electron chi connectivity index (χ1n) is 3.99. The minimum atomic E-state index is 0.540. The van der Waals surface area contributed by atoms with Crippen LogP contribution in [0.2, 0.25) is 5.02 Å². The fraction of sp³-hybridized carbons (Fsp3) is 0.333. The van der Waals surface area contributed by atoms with Crippen molar-refractivity contribution in [3.63, 3.8) is 0 Å². The summed E-state index contributed by atoms with van der Waals surface area (Å²) in [7, 11) is 5.38. The summed E-state index contributed by atoms with van der Waals surface area (Å²) < 4.78 is 12.2. The maximum Gasteiger partial charge on any atom is 0.158 e.